The van der Waals surface area contributed by atoms with Crippen LogP contribution in [0.4, 0.5) is 5.69 Å². The molecule has 0 unspecified atom stereocenters. The summed E-state index contributed by atoms with van der Waals surface area (Å²) in [4.78, 5) is 53.8. The Hall–Kier alpha value is -3.34. The van der Waals surface area contributed by atoms with Crippen molar-refractivity contribution in [1.29, 1.82) is 0 Å². The molecule has 0 saturated heterocycles. The number of fused-ring (bicyclic) bond motifs is 2. The molecule has 33 heavy (non-hydrogen) atoms. The van der Waals surface area contributed by atoms with Gasteiger partial charge in [0.05, 0.1) is 20.3 Å². The van der Waals surface area contributed by atoms with E-state index in [0.717, 1.165) is 7.11 Å². The number of benzene rings is 1. The lowest BCUT2D eigenvalue weighted by atomic mass is 9.67. The van der Waals surface area contributed by atoms with Gasteiger partial charge >= 0.3 is 17.9 Å². The number of anilines is 1. The fourth-order valence-electron chi connectivity index (χ4n) is 4.11. The fraction of sp³-hybridized carbons (Fsp3) is 0.364. The first-order valence-corrected chi connectivity index (χ1v) is 10.8. The van der Waals surface area contributed by atoms with Gasteiger partial charge in [0.15, 0.2) is 0 Å². The first-order valence-electron chi connectivity index (χ1n) is 10.1. The molecule has 11 heteroatoms. The zero-order chi connectivity index (χ0) is 24.5. The summed E-state index contributed by atoms with van der Waals surface area (Å²) in [7, 11) is 2.61. The average Bonchev–Trinajstić information content (AvgIpc) is 2.96. The van der Waals surface area contributed by atoms with Crippen molar-refractivity contribution in [2.24, 2.45) is 5.73 Å². The fourth-order valence-corrected chi connectivity index (χ4v) is 4.47. The molecule has 0 aliphatic carbocycles. The van der Waals surface area contributed by atoms with Crippen LogP contribution in [-0.4, -0.2) is 51.2 Å². The molecule has 1 aromatic carbocycles. The predicted octanol–water partition coefficient (Wildman–Crippen LogP) is 1.81. The second kappa shape index (κ2) is 9.26. The quantitative estimate of drug-likeness (QED) is 0.438. The van der Waals surface area contributed by atoms with Gasteiger partial charge in [0.2, 0.25) is 11.8 Å². The molecule has 0 radical (unpaired) electrons. The second-order valence-corrected chi connectivity index (χ2v) is 8.02. The molecular formula is C22H23BrN2O8. The van der Waals surface area contributed by atoms with Gasteiger partial charge in [-0.15, -0.1) is 0 Å². The van der Waals surface area contributed by atoms with Gasteiger partial charge < -0.3 is 29.6 Å². The number of carbonyl (C=O) groups excluding carboxylic acids is 4. The Kier molecular flexibility index (Phi) is 6.82. The van der Waals surface area contributed by atoms with Gasteiger partial charge in [0.25, 0.3) is 0 Å². The molecule has 0 aromatic heterocycles. The van der Waals surface area contributed by atoms with Crippen molar-refractivity contribution in [3.63, 3.8) is 0 Å². The highest BCUT2D eigenvalue weighted by Gasteiger charge is 2.63. The summed E-state index contributed by atoms with van der Waals surface area (Å²) < 4.78 is 21.3. The Morgan fingerprint density at radius 3 is 2.39 bits per heavy atom. The Bertz CT molecular complexity index is 1110. The second-order valence-electron chi connectivity index (χ2n) is 7.11. The SMILES string of the molecule is CCOC(=O)CC1=C(C(=O)OCC)[C@]2(C(=O)N(C)c3ccc(Br)cc32)C(C(=O)OC)=C(N)O1. The van der Waals surface area contributed by atoms with Crippen LogP contribution in [0.2, 0.25) is 0 Å². The third-order valence-electron chi connectivity index (χ3n) is 5.34. The predicted molar refractivity (Wildman–Crippen MR) is 118 cm³/mol. The molecule has 1 atom stereocenters. The largest absolute Gasteiger partial charge is 0.466 e. The summed E-state index contributed by atoms with van der Waals surface area (Å²) >= 11 is 3.38. The number of nitrogens with zero attached hydrogens (tertiary/aromatic N) is 1. The number of likely N-dealkylation sites (N-methyl/N-ethyl adjacent to an activating group) is 1. The van der Waals surface area contributed by atoms with Gasteiger partial charge in [-0.25, -0.2) is 9.59 Å². The van der Waals surface area contributed by atoms with Crippen molar-refractivity contribution in [3.8, 4) is 0 Å². The molecule has 1 amide bonds. The molecule has 1 spiro atoms. The third-order valence-corrected chi connectivity index (χ3v) is 5.83. The highest BCUT2D eigenvalue weighted by Crippen LogP contribution is 2.55. The summed E-state index contributed by atoms with van der Waals surface area (Å²) in [6.45, 7) is 3.25. The number of ether oxygens (including phenoxy) is 4. The Balaban J connectivity index is 2.46. The molecule has 2 heterocycles. The molecule has 2 aliphatic heterocycles. The van der Waals surface area contributed by atoms with Crippen LogP contribution in [0.15, 0.2) is 45.5 Å². The number of halogens is 1. The van der Waals surface area contributed by atoms with E-state index in [0.29, 0.717) is 10.2 Å². The molecule has 10 nitrogen and oxygen atoms in total. The van der Waals surface area contributed by atoms with Crippen LogP contribution in [-0.2, 0) is 43.5 Å². The van der Waals surface area contributed by atoms with E-state index in [1.54, 1.807) is 32.0 Å². The van der Waals surface area contributed by atoms with E-state index in [4.69, 9.17) is 24.7 Å². The zero-order valence-electron chi connectivity index (χ0n) is 18.5. The first kappa shape index (κ1) is 24.3. The lowest BCUT2D eigenvalue weighted by Gasteiger charge is -2.36. The molecule has 0 saturated carbocycles. The van der Waals surface area contributed by atoms with Crippen LogP contribution < -0.4 is 10.6 Å². The summed E-state index contributed by atoms with van der Waals surface area (Å²) in [6, 6.07) is 4.96. The minimum atomic E-state index is -2.06. The smallest absolute Gasteiger partial charge is 0.340 e. The minimum Gasteiger partial charge on any atom is -0.466 e. The van der Waals surface area contributed by atoms with Crippen LogP contribution in [0, 0.1) is 0 Å². The number of hydrogen-bond acceptors (Lipinski definition) is 9. The van der Waals surface area contributed by atoms with E-state index in [1.165, 1.54) is 11.9 Å². The molecule has 176 valence electrons. The molecule has 2 aliphatic rings. The van der Waals surface area contributed by atoms with E-state index >= 15 is 0 Å². The highest BCUT2D eigenvalue weighted by molar-refractivity contribution is 9.10. The number of esters is 3. The van der Waals surface area contributed by atoms with Gasteiger partial charge in [0.1, 0.15) is 28.7 Å². The van der Waals surface area contributed by atoms with Crippen LogP contribution >= 0.6 is 15.9 Å². The maximum absolute atomic E-state index is 13.9. The number of methoxy groups -OCH3 is 1. The van der Waals surface area contributed by atoms with Crippen molar-refractivity contribution >= 4 is 45.4 Å². The number of rotatable bonds is 6. The van der Waals surface area contributed by atoms with Gasteiger partial charge in [-0.05, 0) is 32.0 Å². The van der Waals surface area contributed by atoms with E-state index in [2.05, 4.69) is 15.9 Å². The third kappa shape index (κ3) is 3.75. The van der Waals surface area contributed by atoms with Crippen molar-refractivity contribution in [2.45, 2.75) is 25.7 Å². The Morgan fingerprint density at radius 1 is 1.12 bits per heavy atom. The van der Waals surface area contributed by atoms with Gasteiger partial charge in [-0.3, -0.25) is 9.59 Å². The summed E-state index contributed by atoms with van der Waals surface area (Å²) in [5.74, 6) is -4.01. The number of hydrogen-bond donors (Lipinski definition) is 1. The lowest BCUT2D eigenvalue weighted by Crippen LogP contribution is -2.50. The monoisotopic (exact) mass is 522 g/mol. The van der Waals surface area contributed by atoms with E-state index < -0.39 is 41.5 Å². The van der Waals surface area contributed by atoms with Gasteiger partial charge in [-0.1, -0.05) is 15.9 Å². The molecule has 1 aromatic rings. The maximum atomic E-state index is 13.9. The molecule has 3 rings (SSSR count). The number of nitrogens with two attached hydrogens (primary N) is 1. The maximum Gasteiger partial charge on any atom is 0.340 e. The van der Waals surface area contributed by atoms with Gasteiger partial charge in [-0.2, -0.15) is 0 Å². The minimum absolute atomic E-state index is 0.0345. The van der Waals surface area contributed by atoms with Crippen molar-refractivity contribution in [3.05, 3.63) is 51.0 Å². The summed E-state index contributed by atoms with van der Waals surface area (Å²) in [5, 5.41) is 0. The van der Waals surface area contributed by atoms with Crippen molar-refractivity contribution < 1.29 is 38.1 Å². The topological polar surface area (TPSA) is 134 Å². The highest BCUT2D eigenvalue weighted by atomic mass is 79.9. The van der Waals surface area contributed by atoms with Crippen LogP contribution in [0.1, 0.15) is 25.8 Å². The standard InChI is InChI=1S/C22H23BrN2O8/c1-5-31-15(26)10-14-16(20(28)32-6-2)22(17(18(24)33-14)19(27)30-4)12-9-11(23)7-8-13(12)25(3)21(22)29/h7-9H,5-6,10,24H2,1-4H3/t22-/m0/s1. The van der Waals surface area contributed by atoms with Crippen LogP contribution in [0.3, 0.4) is 0 Å². The number of carbonyl (C=O) groups is 4. The zero-order valence-corrected chi connectivity index (χ0v) is 20.1. The lowest BCUT2D eigenvalue weighted by molar-refractivity contribution is -0.143. The average molecular weight is 523 g/mol. The molecule has 0 fully saturated rings. The summed E-state index contributed by atoms with van der Waals surface area (Å²) in [6.07, 6.45) is -0.515. The van der Waals surface area contributed by atoms with Crippen molar-refractivity contribution in [1.82, 2.24) is 0 Å². The van der Waals surface area contributed by atoms with E-state index in [-0.39, 0.29) is 35.7 Å². The van der Waals surface area contributed by atoms with Gasteiger partial charge in [0, 0.05) is 22.8 Å². The van der Waals surface area contributed by atoms with E-state index in [9.17, 15) is 19.2 Å². The van der Waals surface area contributed by atoms with E-state index in [1.807, 2.05) is 0 Å². The first-order chi connectivity index (χ1) is 15.6. The molecular weight excluding hydrogens is 500 g/mol. The molecule has 2 N–H and O–H groups in total. The van der Waals surface area contributed by atoms with Crippen LogP contribution in [0.5, 0.6) is 0 Å². The van der Waals surface area contributed by atoms with Crippen molar-refractivity contribution in [2.75, 3.05) is 32.3 Å². The van der Waals surface area contributed by atoms with Crippen LogP contribution in [0.25, 0.3) is 0 Å². The normalized spacial score (nSPS) is 19.4. The number of amides is 1. The Morgan fingerprint density at radius 2 is 1.79 bits per heavy atom. The summed E-state index contributed by atoms with van der Waals surface area (Å²) in [5.41, 5.74) is 4.06. The Labute approximate surface area is 198 Å². The molecule has 0 bridgehead atoms.